The average molecular weight is 449 g/mol. The Morgan fingerprint density at radius 2 is 1.85 bits per heavy atom. The third-order valence-corrected chi connectivity index (χ3v) is 5.98. The normalized spacial score (nSPS) is 12.6. The van der Waals surface area contributed by atoms with Crippen LogP contribution in [0.1, 0.15) is 49.7 Å². The minimum atomic E-state index is -0.351. The van der Waals surface area contributed by atoms with E-state index in [1.54, 1.807) is 17.0 Å². The van der Waals surface area contributed by atoms with Gasteiger partial charge in [-0.3, -0.25) is 9.59 Å². The van der Waals surface area contributed by atoms with Gasteiger partial charge in [0.25, 0.3) is 5.91 Å². The van der Waals surface area contributed by atoms with E-state index in [9.17, 15) is 9.59 Å². The molecule has 2 aromatic carbocycles. The fourth-order valence-corrected chi connectivity index (χ4v) is 3.52. The highest BCUT2D eigenvalue weighted by Gasteiger charge is 2.25. The molecule has 33 heavy (non-hydrogen) atoms. The smallest absolute Gasteiger partial charge is 0.291 e. The van der Waals surface area contributed by atoms with Crippen LogP contribution in [-0.4, -0.2) is 35.9 Å². The van der Waals surface area contributed by atoms with Crippen LogP contribution in [0, 0.1) is 6.92 Å². The van der Waals surface area contributed by atoms with Gasteiger partial charge in [-0.05, 0) is 80.3 Å². The van der Waals surface area contributed by atoms with Crippen molar-refractivity contribution in [2.45, 2.75) is 46.1 Å². The van der Waals surface area contributed by atoms with E-state index in [2.05, 4.69) is 25.2 Å². The number of nitrogens with zero attached hydrogens (tertiary/aromatic N) is 1. The number of hydrogen-bond acceptors (Lipinski definition) is 4. The lowest BCUT2D eigenvalue weighted by molar-refractivity contribution is -0.118. The molecule has 6 heteroatoms. The molecule has 0 aliphatic heterocycles. The summed E-state index contributed by atoms with van der Waals surface area (Å²) in [6, 6.07) is 17.1. The number of carbonyl (C=O) groups excluding carboxylic acids is 2. The van der Waals surface area contributed by atoms with E-state index in [0.717, 1.165) is 41.7 Å². The Kier molecular flexibility index (Phi) is 7.93. The fourth-order valence-electron chi connectivity index (χ4n) is 3.52. The first-order valence-corrected chi connectivity index (χ1v) is 11.3. The van der Waals surface area contributed by atoms with Gasteiger partial charge in [0.2, 0.25) is 6.41 Å². The van der Waals surface area contributed by atoms with Gasteiger partial charge in [-0.2, -0.15) is 0 Å². The van der Waals surface area contributed by atoms with Gasteiger partial charge in [0.1, 0.15) is 11.4 Å². The van der Waals surface area contributed by atoms with E-state index >= 15 is 0 Å². The van der Waals surface area contributed by atoms with Crippen molar-refractivity contribution in [2.75, 3.05) is 18.4 Å². The van der Waals surface area contributed by atoms with E-state index in [-0.39, 0.29) is 17.3 Å². The maximum absolute atomic E-state index is 12.1. The summed E-state index contributed by atoms with van der Waals surface area (Å²) < 4.78 is 11.5. The summed E-state index contributed by atoms with van der Waals surface area (Å²) in [5, 5.41) is 2.83. The van der Waals surface area contributed by atoms with Gasteiger partial charge in [-0.15, -0.1) is 0 Å². The number of rotatable bonds is 11. The van der Waals surface area contributed by atoms with E-state index in [1.165, 1.54) is 6.26 Å². The molecule has 6 nitrogen and oxygen atoms in total. The van der Waals surface area contributed by atoms with Gasteiger partial charge in [0.15, 0.2) is 5.76 Å². The Hall–Kier alpha value is -3.54. The van der Waals surface area contributed by atoms with Gasteiger partial charge < -0.3 is 19.4 Å². The van der Waals surface area contributed by atoms with E-state index in [0.29, 0.717) is 18.8 Å². The minimum Gasteiger partial charge on any atom is -0.487 e. The Morgan fingerprint density at radius 3 is 2.42 bits per heavy atom. The molecule has 0 fully saturated rings. The summed E-state index contributed by atoms with van der Waals surface area (Å²) in [5.74, 6) is 0.844. The molecule has 3 aromatic rings. The number of aryl methyl sites for hydroxylation is 1. The molecule has 0 aliphatic rings. The van der Waals surface area contributed by atoms with Gasteiger partial charge in [-0.25, -0.2) is 0 Å². The van der Waals surface area contributed by atoms with Gasteiger partial charge in [0.05, 0.1) is 6.26 Å². The molecule has 0 spiro atoms. The van der Waals surface area contributed by atoms with Gasteiger partial charge >= 0.3 is 0 Å². The predicted molar refractivity (Wildman–Crippen MR) is 131 cm³/mol. The molecule has 1 unspecified atom stereocenters. The molecule has 0 aliphatic carbocycles. The van der Waals surface area contributed by atoms with Gasteiger partial charge in [0, 0.05) is 25.2 Å². The van der Waals surface area contributed by atoms with Crippen molar-refractivity contribution in [2.24, 2.45) is 0 Å². The second-order valence-electron chi connectivity index (χ2n) is 8.38. The first-order chi connectivity index (χ1) is 15.9. The summed E-state index contributed by atoms with van der Waals surface area (Å²) in [5.41, 5.74) is 3.51. The molecule has 0 bridgehead atoms. The third-order valence-electron chi connectivity index (χ3n) is 5.98. The maximum atomic E-state index is 12.1. The molecule has 1 heterocycles. The van der Waals surface area contributed by atoms with Crippen LogP contribution in [0.5, 0.6) is 5.75 Å². The molecule has 3 rings (SSSR count). The van der Waals surface area contributed by atoms with Crippen LogP contribution >= 0.6 is 0 Å². The lowest BCUT2D eigenvalue weighted by Crippen LogP contribution is -2.37. The Bertz CT molecular complexity index is 1060. The average Bonchev–Trinajstić information content (AvgIpc) is 3.37. The summed E-state index contributed by atoms with van der Waals surface area (Å²) in [6.07, 6.45) is 3.98. The van der Waals surface area contributed by atoms with Crippen LogP contribution in [0.15, 0.2) is 65.3 Å². The molecule has 1 aromatic heterocycles. The highest BCUT2D eigenvalue weighted by atomic mass is 16.5. The summed E-state index contributed by atoms with van der Waals surface area (Å²) in [7, 11) is 0. The van der Waals surface area contributed by atoms with Crippen LogP contribution in [0.2, 0.25) is 0 Å². The maximum Gasteiger partial charge on any atom is 0.291 e. The molecule has 0 saturated carbocycles. The molecule has 0 saturated heterocycles. The van der Waals surface area contributed by atoms with Crippen LogP contribution in [-0.2, 0) is 4.79 Å². The van der Waals surface area contributed by atoms with Crippen molar-refractivity contribution in [3.05, 3.63) is 72.2 Å². The van der Waals surface area contributed by atoms with Crippen molar-refractivity contribution < 1.29 is 18.7 Å². The molecule has 2 amide bonds. The molecule has 0 radical (unpaired) electrons. The Balaban J connectivity index is 1.68. The first-order valence-electron chi connectivity index (χ1n) is 11.3. The first kappa shape index (κ1) is 24.1. The van der Waals surface area contributed by atoms with Crippen molar-refractivity contribution >= 4 is 18.0 Å². The largest absolute Gasteiger partial charge is 0.487 e. The van der Waals surface area contributed by atoms with Crippen LogP contribution in [0.3, 0.4) is 0 Å². The number of anilines is 1. The van der Waals surface area contributed by atoms with E-state index < -0.39 is 0 Å². The number of amides is 2. The van der Waals surface area contributed by atoms with Crippen LogP contribution in [0.25, 0.3) is 11.1 Å². The minimum absolute atomic E-state index is 0.276. The molecular weight excluding hydrogens is 416 g/mol. The summed E-state index contributed by atoms with van der Waals surface area (Å²) in [4.78, 5) is 25.0. The van der Waals surface area contributed by atoms with Crippen molar-refractivity contribution in [3.8, 4) is 16.9 Å². The van der Waals surface area contributed by atoms with Crippen LogP contribution in [0.4, 0.5) is 5.69 Å². The second kappa shape index (κ2) is 10.9. The highest BCUT2D eigenvalue weighted by Crippen LogP contribution is 2.31. The zero-order valence-corrected chi connectivity index (χ0v) is 19.8. The predicted octanol–water partition coefficient (Wildman–Crippen LogP) is 5.92. The number of nitrogens with one attached hydrogen (secondary N) is 1. The van der Waals surface area contributed by atoms with E-state index in [1.807, 2.05) is 50.2 Å². The lowest BCUT2D eigenvalue weighted by atomic mass is 9.97. The summed E-state index contributed by atoms with van der Waals surface area (Å²) in [6.45, 7) is 9.58. The molecule has 1 N–H and O–H groups in total. The molecule has 1 atom stereocenters. The summed E-state index contributed by atoms with van der Waals surface area (Å²) >= 11 is 0. The van der Waals surface area contributed by atoms with Crippen molar-refractivity contribution in [3.63, 3.8) is 0 Å². The standard InChI is InChI=1S/C27H32N2O4/c1-5-27(4,15-16-29(6-2)19-30)33-24-14-11-22(18-20(24)3)21-9-12-23(13-10-21)28-26(31)25-8-7-17-32-25/h7-14,17-19H,5-6,15-16H2,1-4H3,(H,28,31). The number of furan rings is 1. The fraction of sp³-hybridized carbons (Fsp3) is 0.333. The topological polar surface area (TPSA) is 71.8 Å². The molecule has 174 valence electrons. The SMILES string of the molecule is CCN(C=O)CCC(C)(CC)Oc1ccc(-c2ccc(NC(=O)c3ccco3)cc2)cc1C. The third kappa shape index (κ3) is 6.25. The van der Waals surface area contributed by atoms with Crippen LogP contribution < -0.4 is 10.1 Å². The van der Waals surface area contributed by atoms with Crippen molar-refractivity contribution in [1.29, 1.82) is 0 Å². The number of carbonyl (C=O) groups is 2. The second-order valence-corrected chi connectivity index (χ2v) is 8.38. The number of ether oxygens (including phenoxy) is 1. The number of hydrogen-bond donors (Lipinski definition) is 1. The zero-order chi connectivity index (χ0) is 23.8. The highest BCUT2D eigenvalue weighted by molar-refractivity contribution is 6.02. The lowest BCUT2D eigenvalue weighted by Gasteiger charge is -2.32. The zero-order valence-electron chi connectivity index (χ0n) is 19.8. The molecular formula is C27H32N2O4. The monoisotopic (exact) mass is 448 g/mol. The number of benzene rings is 2. The Morgan fingerprint density at radius 1 is 1.12 bits per heavy atom. The van der Waals surface area contributed by atoms with E-state index in [4.69, 9.17) is 9.15 Å². The van der Waals surface area contributed by atoms with Gasteiger partial charge in [-0.1, -0.05) is 25.1 Å². The van der Waals surface area contributed by atoms with Crippen molar-refractivity contribution in [1.82, 2.24) is 4.90 Å². The Labute approximate surface area is 195 Å². The quantitative estimate of drug-likeness (QED) is 0.369.